The topological polar surface area (TPSA) is 86.0 Å². The van der Waals surface area contributed by atoms with Gasteiger partial charge >= 0.3 is 5.97 Å². The molecule has 0 saturated carbocycles. The summed E-state index contributed by atoms with van der Waals surface area (Å²) in [4.78, 5) is 14.7. The normalized spacial score (nSPS) is 9.68. The fourth-order valence-corrected chi connectivity index (χ4v) is 1.76. The molecule has 0 atom stereocenters. The van der Waals surface area contributed by atoms with E-state index in [1.807, 2.05) is 6.07 Å². The smallest absolute Gasteiger partial charge is 0.337 e. The van der Waals surface area contributed by atoms with Gasteiger partial charge in [0.1, 0.15) is 11.8 Å². The van der Waals surface area contributed by atoms with Crippen molar-refractivity contribution in [2.45, 2.75) is 0 Å². The van der Waals surface area contributed by atoms with E-state index < -0.39 is 5.97 Å². The van der Waals surface area contributed by atoms with Crippen molar-refractivity contribution in [3.05, 3.63) is 52.8 Å². The molecular formula is C13H8ClN3O2. The summed E-state index contributed by atoms with van der Waals surface area (Å²) in [5, 5.41) is 20.8. The van der Waals surface area contributed by atoms with Crippen LogP contribution in [-0.2, 0) is 0 Å². The van der Waals surface area contributed by atoms with Gasteiger partial charge in [-0.3, -0.25) is 0 Å². The zero-order valence-electron chi connectivity index (χ0n) is 9.59. The summed E-state index contributed by atoms with van der Waals surface area (Å²) in [5.74, 6) is -1.08. The first-order valence-corrected chi connectivity index (χ1v) is 5.64. The van der Waals surface area contributed by atoms with Crippen LogP contribution in [-0.4, -0.2) is 16.1 Å². The molecule has 2 aromatic rings. The Hall–Kier alpha value is -2.58. The number of carboxylic acid groups (broad SMARTS) is 1. The monoisotopic (exact) mass is 273 g/mol. The molecule has 94 valence electrons. The van der Waals surface area contributed by atoms with Gasteiger partial charge in [-0.15, -0.1) is 0 Å². The summed E-state index contributed by atoms with van der Waals surface area (Å²) in [6.45, 7) is 0. The van der Waals surface area contributed by atoms with E-state index in [0.717, 1.165) is 0 Å². The molecule has 0 bridgehead atoms. The van der Waals surface area contributed by atoms with Crippen LogP contribution in [0.15, 0.2) is 36.5 Å². The number of rotatable bonds is 3. The second-order valence-corrected chi connectivity index (χ2v) is 4.07. The Morgan fingerprint density at radius 2 is 2.05 bits per heavy atom. The Labute approximate surface area is 114 Å². The molecule has 19 heavy (non-hydrogen) atoms. The first kappa shape index (κ1) is 12.9. The fourth-order valence-electron chi connectivity index (χ4n) is 1.50. The average Bonchev–Trinajstić information content (AvgIpc) is 2.38. The van der Waals surface area contributed by atoms with Gasteiger partial charge in [-0.2, -0.15) is 5.26 Å². The highest BCUT2D eigenvalue weighted by atomic mass is 35.5. The molecule has 6 heteroatoms. The number of hydrogen-bond acceptors (Lipinski definition) is 4. The fraction of sp³-hybridized carbons (Fsp3) is 0. The number of carbonyl (C=O) groups is 1. The lowest BCUT2D eigenvalue weighted by Gasteiger charge is -2.07. The first-order chi connectivity index (χ1) is 9.10. The van der Waals surface area contributed by atoms with Gasteiger partial charge in [-0.05, 0) is 30.3 Å². The van der Waals surface area contributed by atoms with Crippen molar-refractivity contribution in [1.29, 1.82) is 5.26 Å². The summed E-state index contributed by atoms with van der Waals surface area (Å²) < 4.78 is 0. The minimum atomic E-state index is -1.08. The summed E-state index contributed by atoms with van der Waals surface area (Å²) >= 11 is 5.86. The van der Waals surface area contributed by atoms with Crippen molar-refractivity contribution in [2.75, 3.05) is 5.32 Å². The lowest BCUT2D eigenvalue weighted by molar-refractivity contribution is 0.0697. The Kier molecular flexibility index (Phi) is 3.64. The van der Waals surface area contributed by atoms with E-state index >= 15 is 0 Å². The van der Waals surface area contributed by atoms with Crippen LogP contribution in [0, 0.1) is 11.3 Å². The summed E-state index contributed by atoms with van der Waals surface area (Å²) in [5.41, 5.74) is 1.63. The van der Waals surface area contributed by atoms with Crippen LogP contribution in [0.5, 0.6) is 0 Å². The standard InChI is InChI=1S/C13H8ClN3O2/c14-12-6-8(1-2-11(12)13(18)19)17-9-3-4-16-10(5-9)7-15/h1-6H,(H,16,17)(H,18,19). The van der Waals surface area contributed by atoms with Gasteiger partial charge in [0, 0.05) is 17.6 Å². The largest absolute Gasteiger partial charge is 0.478 e. The van der Waals surface area contributed by atoms with E-state index in [0.29, 0.717) is 17.1 Å². The predicted molar refractivity (Wildman–Crippen MR) is 70.6 cm³/mol. The van der Waals surface area contributed by atoms with Crippen molar-refractivity contribution in [1.82, 2.24) is 4.98 Å². The number of hydrogen-bond donors (Lipinski definition) is 2. The van der Waals surface area contributed by atoms with E-state index in [1.165, 1.54) is 18.3 Å². The van der Waals surface area contributed by atoms with Crippen LogP contribution < -0.4 is 5.32 Å². The molecule has 0 fully saturated rings. The maximum absolute atomic E-state index is 10.8. The van der Waals surface area contributed by atoms with Gasteiger partial charge in [-0.25, -0.2) is 9.78 Å². The second kappa shape index (κ2) is 5.38. The van der Waals surface area contributed by atoms with E-state index in [2.05, 4.69) is 10.3 Å². The predicted octanol–water partition coefficient (Wildman–Crippen LogP) is 3.05. The molecule has 0 saturated heterocycles. The molecule has 0 radical (unpaired) electrons. The number of anilines is 2. The summed E-state index contributed by atoms with van der Waals surface area (Å²) in [7, 11) is 0. The number of carboxylic acids is 1. The molecular weight excluding hydrogens is 266 g/mol. The quantitative estimate of drug-likeness (QED) is 0.897. The van der Waals surface area contributed by atoms with E-state index in [-0.39, 0.29) is 10.6 Å². The molecule has 0 aliphatic heterocycles. The molecule has 0 amide bonds. The molecule has 1 aromatic heterocycles. The molecule has 5 nitrogen and oxygen atoms in total. The van der Waals surface area contributed by atoms with E-state index in [1.54, 1.807) is 18.2 Å². The molecule has 2 rings (SSSR count). The lowest BCUT2D eigenvalue weighted by atomic mass is 10.2. The van der Waals surface area contributed by atoms with Gasteiger partial charge in [-0.1, -0.05) is 11.6 Å². The van der Waals surface area contributed by atoms with Crippen LogP contribution in [0.4, 0.5) is 11.4 Å². The van der Waals surface area contributed by atoms with E-state index in [4.69, 9.17) is 22.0 Å². The molecule has 0 aliphatic rings. The highest BCUT2D eigenvalue weighted by Crippen LogP contribution is 2.23. The van der Waals surface area contributed by atoms with Crippen molar-refractivity contribution < 1.29 is 9.90 Å². The highest BCUT2D eigenvalue weighted by molar-refractivity contribution is 6.33. The molecule has 0 spiro atoms. The van der Waals surface area contributed by atoms with Crippen molar-refractivity contribution >= 4 is 28.9 Å². The Morgan fingerprint density at radius 3 is 2.68 bits per heavy atom. The minimum absolute atomic E-state index is 0.0414. The number of aromatic carboxylic acids is 1. The van der Waals surface area contributed by atoms with Crippen LogP contribution >= 0.6 is 11.6 Å². The number of pyridine rings is 1. The second-order valence-electron chi connectivity index (χ2n) is 3.67. The Balaban J connectivity index is 2.26. The van der Waals surface area contributed by atoms with Crippen molar-refractivity contribution in [3.63, 3.8) is 0 Å². The van der Waals surface area contributed by atoms with Crippen LogP contribution in [0.1, 0.15) is 16.1 Å². The Morgan fingerprint density at radius 1 is 1.32 bits per heavy atom. The first-order valence-electron chi connectivity index (χ1n) is 5.26. The average molecular weight is 274 g/mol. The van der Waals surface area contributed by atoms with Crippen molar-refractivity contribution in [3.8, 4) is 6.07 Å². The number of halogens is 1. The highest BCUT2D eigenvalue weighted by Gasteiger charge is 2.08. The summed E-state index contributed by atoms with van der Waals surface area (Å²) in [6, 6.07) is 9.74. The number of nitrogens with one attached hydrogen (secondary N) is 1. The summed E-state index contributed by atoms with van der Waals surface area (Å²) in [6.07, 6.45) is 1.51. The van der Waals surface area contributed by atoms with Gasteiger partial charge in [0.15, 0.2) is 0 Å². The molecule has 0 aliphatic carbocycles. The number of nitrogens with zero attached hydrogens (tertiary/aromatic N) is 2. The maximum atomic E-state index is 10.8. The number of nitriles is 1. The van der Waals surface area contributed by atoms with Crippen LogP contribution in [0.2, 0.25) is 5.02 Å². The van der Waals surface area contributed by atoms with Gasteiger partial charge in [0.2, 0.25) is 0 Å². The third-order valence-corrected chi connectivity index (χ3v) is 2.68. The van der Waals surface area contributed by atoms with Crippen molar-refractivity contribution in [2.24, 2.45) is 0 Å². The third-order valence-electron chi connectivity index (χ3n) is 2.36. The van der Waals surface area contributed by atoms with Crippen LogP contribution in [0.25, 0.3) is 0 Å². The van der Waals surface area contributed by atoms with Gasteiger partial charge in [0.25, 0.3) is 0 Å². The third kappa shape index (κ3) is 3.00. The van der Waals surface area contributed by atoms with E-state index in [9.17, 15) is 4.79 Å². The molecule has 2 N–H and O–H groups in total. The molecule has 1 aromatic carbocycles. The number of aromatic nitrogens is 1. The Bertz CT molecular complexity index is 680. The zero-order valence-corrected chi connectivity index (χ0v) is 10.3. The van der Waals surface area contributed by atoms with Gasteiger partial charge < -0.3 is 10.4 Å². The van der Waals surface area contributed by atoms with Crippen LogP contribution in [0.3, 0.4) is 0 Å². The number of benzene rings is 1. The SMILES string of the molecule is N#Cc1cc(Nc2ccc(C(=O)O)c(Cl)c2)ccn1. The minimum Gasteiger partial charge on any atom is -0.478 e. The molecule has 0 unspecified atom stereocenters. The maximum Gasteiger partial charge on any atom is 0.337 e. The lowest BCUT2D eigenvalue weighted by Crippen LogP contribution is -1.98. The zero-order chi connectivity index (χ0) is 13.8. The van der Waals surface area contributed by atoms with Gasteiger partial charge in [0.05, 0.1) is 10.6 Å². The molecule has 1 heterocycles.